The molecule has 0 saturated heterocycles. The quantitative estimate of drug-likeness (QED) is 0.657. The van der Waals surface area contributed by atoms with Crippen LogP contribution in [0.1, 0.15) is 30.5 Å². The number of benzene rings is 1. The van der Waals surface area contributed by atoms with Crippen molar-refractivity contribution in [3.05, 3.63) is 28.8 Å². The highest BCUT2D eigenvalue weighted by Crippen LogP contribution is 2.36. The van der Waals surface area contributed by atoms with E-state index in [9.17, 15) is 0 Å². The molecule has 2 heteroatoms. The lowest BCUT2D eigenvalue weighted by molar-refractivity contribution is 0.235. The van der Waals surface area contributed by atoms with E-state index in [0.717, 1.165) is 18.8 Å². The maximum Gasteiger partial charge on any atom is 0.0320 e. The van der Waals surface area contributed by atoms with Crippen molar-refractivity contribution < 1.29 is 0 Å². The second-order valence-electron chi connectivity index (χ2n) is 5.43. The molecule has 1 heterocycles. The smallest absolute Gasteiger partial charge is 0.0320 e. The average molecular weight is 204 g/mol. The molecular formula is C13H20N2. The summed E-state index contributed by atoms with van der Waals surface area (Å²) < 4.78 is 0. The fourth-order valence-corrected chi connectivity index (χ4v) is 3.08. The molecule has 2 nitrogen and oxygen atoms in total. The highest BCUT2D eigenvalue weighted by molar-refractivity contribution is 5.52. The molecule has 15 heavy (non-hydrogen) atoms. The van der Waals surface area contributed by atoms with Gasteiger partial charge in [0.05, 0.1) is 0 Å². The van der Waals surface area contributed by atoms with Gasteiger partial charge in [-0.3, -0.25) is 0 Å². The van der Waals surface area contributed by atoms with E-state index in [1.165, 1.54) is 16.7 Å². The molecule has 0 bridgehead atoms. The number of likely N-dealkylation sites (N-methyl/N-ethyl adjacent to an activating group) is 1. The minimum Gasteiger partial charge on any atom is -0.399 e. The number of nitrogen functional groups attached to an aromatic ring is 1. The summed E-state index contributed by atoms with van der Waals surface area (Å²) >= 11 is 0. The zero-order valence-electron chi connectivity index (χ0n) is 10.1. The van der Waals surface area contributed by atoms with Crippen molar-refractivity contribution in [1.82, 2.24) is 4.90 Å². The van der Waals surface area contributed by atoms with Crippen LogP contribution in [0.4, 0.5) is 5.69 Å². The summed E-state index contributed by atoms with van der Waals surface area (Å²) in [5.74, 6) is 0. The van der Waals surface area contributed by atoms with Gasteiger partial charge in [-0.05, 0) is 42.8 Å². The van der Waals surface area contributed by atoms with Gasteiger partial charge < -0.3 is 10.6 Å². The molecule has 1 aliphatic rings. The molecule has 0 unspecified atom stereocenters. The third-order valence-electron chi connectivity index (χ3n) is 3.22. The third kappa shape index (κ3) is 1.74. The van der Waals surface area contributed by atoms with Crippen molar-refractivity contribution >= 4 is 5.69 Å². The molecule has 0 atom stereocenters. The van der Waals surface area contributed by atoms with Crippen molar-refractivity contribution in [2.75, 3.05) is 19.3 Å². The monoisotopic (exact) mass is 204 g/mol. The fourth-order valence-electron chi connectivity index (χ4n) is 3.08. The second kappa shape index (κ2) is 3.24. The van der Waals surface area contributed by atoms with Gasteiger partial charge in [-0.15, -0.1) is 0 Å². The number of hydrogen-bond acceptors (Lipinski definition) is 2. The van der Waals surface area contributed by atoms with Crippen LogP contribution in [0.25, 0.3) is 0 Å². The van der Waals surface area contributed by atoms with Gasteiger partial charge in [-0.1, -0.05) is 13.8 Å². The first-order valence-electron chi connectivity index (χ1n) is 5.48. The molecule has 1 aromatic carbocycles. The van der Waals surface area contributed by atoms with Crippen LogP contribution in [-0.4, -0.2) is 18.5 Å². The van der Waals surface area contributed by atoms with E-state index in [2.05, 4.69) is 44.9 Å². The van der Waals surface area contributed by atoms with Gasteiger partial charge in [0.1, 0.15) is 0 Å². The van der Waals surface area contributed by atoms with E-state index < -0.39 is 0 Å². The Hall–Kier alpha value is -1.02. The largest absolute Gasteiger partial charge is 0.399 e. The zero-order chi connectivity index (χ0) is 11.2. The standard InChI is InChI=1S/C13H20N2/c1-9-5-11(14)6-10-7-15(4)8-13(2,3)12(9)10/h5-6H,7-8,14H2,1-4H3. The van der Waals surface area contributed by atoms with Gasteiger partial charge in [0.25, 0.3) is 0 Å². The lowest BCUT2D eigenvalue weighted by Gasteiger charge is -2.39. The van der Waals surface area contributed by atoms with Gasteiger partial charge in [-0.2, -0.15) is 0 Å². The first-order chi connectivity index (χ1) is 6.90. The van der Waals surface area contributed by atoms with Crippen LogP contribution >= 0.6 is 0 Å². The average Bonchev–Trinajstić information content (AvgIpc) is 1.97. The van der Waals surface area contributed by atoms with Gasteiger partial charge in [-0.25, -0.2) is 0 Å². The molecule has 1 aromatic rings. The van der Waals surface area contributed by atoms with Gasteiger partial charge >= 0.3 is 0 Å². The lowest BCUT2D eigenvalue weighted by atomic mass is 9.76. The van der Waals surface area contributed by atoms with Crippen molar-refractivity contribution in [1.29, 1.82) is 0 Å². The van der Waals surface area contributed by atoms with Crippen molar-refractivity contribution in [2.45, 2.75) is 32.7 Å². The molecule has 0 radical (unpaired) electrons. The molecule has 0 saturated carbocycles. The summed E-state index contributed by atoms with van der Waals surface area (Å²) in [5, 5.41) is 0. The topological polar surface area (TPSA) is 29.3 Å². The van der Waals surface area contributed by atoms with Crippen molar-refractivity contribution in [3.8, 4) is 0 Å². The maximum absolute atomic E-state index is 5.90. The van der Waals surface area contributed by atoms with Crippen LogP contribution in [0.2, 0.25) is 0 Å². The molecule has 2 N–H and O–H groups in total. The third-order valence-corrected chi connectivity index (χ3v) is 3.22. The summed E-state index contributed by atoms with van der Waals surface area (Å²) in [6.07, 6.45) is 0. The Labute approximate surface area is 92.1 Å². The van der Waals surface area contributed by atoms with Crippen molar-refractivity contribution in [3.63, 3.8) is 0 Å². The summed E-state index contributed by atoms with van der Waals surface area (Å²) in [6.45, 7) is 8.92. The fraction of sp³-hybridized carbons (Fsp3) is 0.538. The van der Waals surface area contributed by atoms with E-state index in [4.69, 9.17) is 5.73 Å². The van der Waals surface area contributed by atoms with E-state index in [0.29, 0.717) is 0 Å². The predicted octanol–water partition coefficient (Wildman–Crippen LogP) is 2.30. The summed E-state index contributed by atoms with van der Waals surface area (Å²) in [4.78, 5) is 2.36. The van der Waals surface area contributed by atoms with E-state index in [-0.39, 0.29) is 5.41 Å². The molecular weight excluding hydrogens is 184 g/mol. The zero-order valence-corrected chi connectivity index (χ0v) is 10.1. The van der Waals surface area contributed by atoms with Crippen molar-refractivity contribution in [2.24, 2.45) is 0 Å². The molecule has 0 spiro atoms. The molecule has 0 fully saturated rings. The highest BCUT2D eigenvalue weighted by atomic mass is 15.1. The lowest BCUT2D eigenvalue weighted by Crippen LogP contribution is -2.40. The minimum atomic E-state index is 0.236. The van der Waals surface area contributed by atoms with E-state index in [1.54, 1.807) is 0 Å². The highest BCUT2D eigenvalue weighted by Gasteiger charge is 2.31. The van der Waals surface area contributed by atoms with Crippen LogP contribution in [0.15, 0.2) is 12.1 Å². The van der Waals surface area contributed by atoms with Gasteiger partial charge in [0.2, 0.25) is 0 Å². The van der Waals surface area contributed by atoms with Crippen LogP contribution in [0.5, 0.6) is 0 Å². The SMILES string of the molecule is Cc1cc(N)cc2c1C(C)(C)CN(C)C2. The summed E-state index contributed by atoms with van der Waals surface area (Å²) in [7, 11) is 2.17. The minimum absolute atomic E-state index is 0.236. The molecule has 2 rings (SSSR count). The first-order valence-corrected chi connectivity index (χ1v) is 5.48. The number of anilines is 1. The Bertz CT molecular complexity index is 394. The Balaban J connectivity index is 2.62. The van der Waals surface area contributed by atoms with Crippen LogP contribution < -0.4 is 5.73 Å². The maximum atomic E-state index is 5.90. The number of aryl methyl sites for hydroxylation is 1. The summed E-state index contributed by atoms with van der Waals surface area (Å²) in [6, 6.07) is 4.21. The van der Waals surface area contributed by atoms with Crippen LogP contribution in [0, 0.1) is 6.92 Å². The second-order valence-corrected chi connectivity index (χ2v) is 5.43. The number of rotatable bonds is 0. The van der Waals surface area contributed by atoms with Gasteiger partial charge in [0, 0.05) is 24.2 Å². The Morgan fingerprint density at radius 3 is 2.67 bits per heavy atom. The van der Waals surface area contributed by atoms with Crippen LogP contribution in [-0.2, 0) is 12.0 Å². The Kier molecular flexibility index (Phi) is 2.27. The molecule has 0 amide bonds. The van der Waals surface area contributed by atoms with Gasteiger partial charge in [0.15, 0.2) is 0 Å². The molecule has 82 valence electrons. The number of hydrogen-bond donors (Lipinski definition) is 1. The van der Waals surface area contributed by atoms with E-state index in [1.807, 2.05) is 0 Å². The molecule has 0 aliphatic carbocycles. The molecule has 1 aliphatic heterocycles. The first kappa shape index (κ1) is 10.5. The predicted molar refractivity (Wildman–Crippen MR) is 65.0 cm³/mol. The van der Waals surface area contributed by atoms with E-state index >= 15 is 0 Å². The number of nitrogens with two attached hydrogens (primary N) is 1. The Morgan fingerprint density at radius 2 is 2.00 bits per heavy atom. The number of nitrogens with zero attached hydrogens (tertiary/aromatic N) is 1. The molecule has 0 aromatic heterocycles. The number of fused-ring (bicyclic) bond motifs is 1. The van der Waals surface area contributed by atoms with Crippen LogP contribution in [0.3, 0.4) is 0 Å². The normalized spacial score (nSPS) is 20.0. The Morgan fingerprint density at radius 1 is 1.33 bits per heavy atom. The summed E-state index contributed by atoms with van der Waals surface area (Å²) in [5.41, 5.74) is 11.2.